The molecule has 0 aliphatic carbocycles. The monoisotopic (exact) mass is 315 g/mol. The van der Waals surface area contributed by atoms with Gasteiger partial charge in [0.2, 0.25) is 0 Å². The van der Waals surface area contributed by atoms with Crippen molar-refractivity contribution in [1.82, 2.24) is 4.98 Å². The van der Waals surface area contributed by atoms with Crippen LogP contribution in [-0.2, 0) is 19.5 Å². The van der Waals surface area contributed by atoms with Crippen molar-refractivity contribution in [1.29, 1.82) is 0 Å². The number of nitrogens with zero attached hydrogens (tertiary/aromatic N) is 3. The van der Waals surface area contributed by atoms with Gasteiger partial charge in [-0.1, -0.05) is 24.3 Å². The second-order valence-corrected chi connectivity index (χ2v) is 2.72. The van der Waals surface area contributed by atoms with Gasteiger partial charge in [-0.25, -0.2) is 4.98 Å². The molecule has 0 atom stereocenters. The number of pyridine rings is 1. The van der Waals surface area contributed by atoms with Crippen LogP contribution in [0.4, 0.5) is 11.5 Å². The molecule has 0 N–H and O–H groups in total. The van der Waals surface area contributed by atoms with Crippen LogP contribution in [0.1, 0.15) is 0 Å². The van der Waals surface area contributed by atoms with Crippen LogP contribution < -0.4 is 0 Å². The van der Waals surface area contributed by atoms with Crippen molar-refractivity contribution >= 4 is 11.5 Å². The molecule has 90 valence electrons. The molecule has 0 saturated heterocycles. The van der Waals surface area contributed by atoms with Gasteiger partial charge in [-0.15, -0.1) is 10.2 Å². The molecular weight excluding hydrogens is 299 g/mol. The van der Waals surface area contributed by atoms with Crippen LogP contribution in [0.5, 0.6) is 0 Å². The Balaban J connectivity index is 0. The van der Waals surface area contributed by atoms with Gasteiger partial charge in [0, 0.05) is 6.20 Å². The van der Waals surface area contributed by atoms with E-state index in [0.717, 1.165) is 5.69 Å². The molecule has 3 nitrogen and oxygen atoms in total. The molecule has 1 aromatic carbocycles. The third-order valence-corrected chi connectivity index (χ3v) is 1.67. The number of benzene rings is 1. The van der Waals surface area contributed by atoms with Gasteiger partial charge in [0.15, 0.2) is 5.82 Å². The van der Waals surface area contributed by atoms with Crippen molar-refractivity contribution in [2.45, 2.75) is 0 Å². The van der Waals surface area contributed by atoms with Crippen LogP contribution in [0.15, 0.2) is 65.0 Å². The molecule has 2 rings (SSSR count). The average Bonchev–Trinajstić information content (AvgIpc) is 2.29. The molecule has 1 aromatic heterocycles. The minimum Gasteiger partial charge on any atom is -0.358 e. The van der Waals surface area contributed by atoms with Gasteiger partial charge >= 0.3 is 19.5 Å². The van der Waals surface area contributed by atoms with Gasteiger partial charge in [0.25, 0.3) is 0 Å². The molecule has 4 heteroatoms. The van der Waals surface area contributed by atoms with Gasteiger partial charge in [0.05, 0.1) is 5.69 Å². The summed E-state index contributed by atoms with van der Waals surface area (Å²) in [7, 11) is 0. The fourth-order valence-corrected chi connectivity index (χ4v) is 1.02. The Kier molecular flexibility index (Phi) is 10.4. The standard InChI is InChI=1S/C11H9N3.2CH3.Ru/c1-2-6-10(7-3-1)13-14-11-8-4-5-9-12-11;;;/h1-9H;2*1H3;/q;2*-1;+2. The van der Waals surface area contributed by atoms with Crippen LogP contribution in [0.25, 0.3) is 0 Å². The first-order chi connectivity index (χ1) is 6.95. The first-order valence-electron chi connectivity index (χ1n) is 4.33. The minimum absolute atomic E-state index is 0. The smallest absolute Gasteiger partial charge is 0.358 e. The van der Waals surface area contributed by atoms with E-state index in [1.54, 1.807) is 6.20 Å². The molecule has 0 radical (unpaired) electrons. The van der Waals surface area contributed by atoms with Crippen molar-refractivity contribution in [2.24, 2.45) is 10.2 Å². The zero-order valence-corrected chi connectivity index (χ0v) is 11.6. The molecule has 0 amide bonds. The molecule has 17 heavy (non-hydrogen) atoms. The molecule has 0 aliphatic heterocycles. The Morgan fingerprint density at radius 3 is 2.00 bits per heavy atom. The topological polar surface area (TPSA) is 37.6 Å². The summed E-state index contributed by atoms with van der Waals surface area (Å²) >= 11 is 0. The number of rotatable bonds is 2. The SMILES string of the molecule is [CH3-].[CH3-].[Ru+2].c1ccc(N=Nc2ccccn2)cc1. The van der Waals surface area contributed by atoms with E-state index >= 15 is 0 Å². The van der Waals surface area contributed by atoms with Crippen LogP contribution in [0.2, 0.25) is 0 Å². The predicted molar refractivity (Wildman–Crippen MR) is 67.7 cm³/mol. The van der Waals surface area contributed by atoms with E-state index in [2.05, 4.69) is 15.2 Å². The number of hydrogen-bond donors (Lipinski definition) is 0. The fourth-order valence-electron chi connectivity index (χ4n) is 1.02. The average molecular weight is 314 g/mol. The Bertz CT molecular complexity index is 374. The molecular formula is C13H15N3Ru. The van der Waals surface area contributed by atoms with E-state index in [-0.39, 0.29) is 34.3 Å². The number of hydrogen-bond acceptors (Lipinski definition) is 3. The van der Waals surface area contributed by atoms with Crippen molar-refractivity contribution < 1.29 is 19.5 Å². The van der Waals surface area contributed by atoms with Gasteiger partial charge in [-0.2, -0.15) is 0 Å². The van der Waals surface area contributed by atoms with Gasteiger partial charge < -0.3 is 14.9 Å². The molecule has 0 fully saturated rings. The van der Waals surface area contributed by atoms with Gasteiger partial charge in [-0.3, -0.25) is 0 Å². The van der Waals surface area contributed by atoms with Crippen molar-refractivity contribution in [3.05, 3.63) is 69.6 Å². The van der Waals surface area contributed by atoms with Gasteiger partial charge in [-0.05, 0) is 24.3 Å². The van der Waals surface area contributed by atoms with Gasteiger partial charge in [0.1, 0.15) is 0 Å². The Labute approximate surface area is 116 Å². The van der Waals surface area contributed by atoms with Crippen LogP contribution >= 0.6 is 0 Å². The maximum atomic E-state index is 4.04. The summed E-state index contributed by atoms with van der Waals surface area (Å²) in [5.41, 5.74) is 0.832. The second-order valence-electron chi connectivity index (χ2n) is 2.72. The molecule has 0 bridgehead atoms. The normalized spacial score (nSPS) is 8.71. The maximum absolute atomic E-state index is 4.04. The largest absolute Gasteiger partial charge is 2.00 e. The molecule has 0 spiro atoms. The van der Waals surface area contributed by atoms with E-state index in [0.29, 0.717) is 5.82 Å². The summed E-state index contributed by atoms with van der Waals surface area (Å²) in [6.07, 6.45) is 1.69. The summed E-state index contributed by atoms with van der Waals surface area (Å²) in [5.74, 6) is 0.622. The van der Waals surface area contributed by atoms with E-state index < -0.39 is 0 Å². The quantitative estimate of drug-likeness (QED) is 0.460. The van der Waals surface area contributed by atoms with Crippen molar-refractivity contribution in [2.75, 3.05) is 0 Å². The summed E-state index contributed by atoms with van der Waals surface area (Å²) < 4.78 is 0. The third-order valence-electron chi connectivity index (χ3n) is 1.67. The summed E-state index contributed by atoms with van der Waals surface area (Å²) in [6.45, 7) is 0. The molecule has 0 aliphatic rings. The van der Waals surface area contributed by atoms with Crippen molar-refractivity contribution in [3.63, 3.8) is 0 Å². The number of azo groups is 1. The first-order valence-corrected chi connectivity index (χ1v) is 4.33. The Hall–Kier alpha value is -1.41. The summed E-state index contributed by atoms with van der Waals surface area (Å²) in [4.78, 5) is 4.03. The van der Waals surface area contributed by atoms with E-state index in [1.807, 2.05) is 48.5 Å². The summed E-state index contributed by atoms with van der Waals surface area (Å²) in [5, 5.41) is 8.03. The van der Waals surface area contributed by atoms with E-state index in [4.69, 9.17) is 0 Å². The maximum Gasteiger partial charge on any atom is 2.00 e. The molecule has 1 heterocycles. The van der Waals surface area contributed by atoms with E-state index in [9.17, 15) is 0 Å². The second kappa shape index (κ2) is 9.79. The first kappa shape index (κ1) is 18.0. The molecule has 0 saturated carbocycles. The fraction of sp³-hybridized carbons (Fsp3) is 0. The van der Waals surface area contributed by atoms with Crippen LogP contribution in [0.3, 0.4) is 0 Å². The zero-order valence-electron chi connectivity index (χ0n) is 9.89. The van der Waals surface area contributed by atoms with Crippen LogP contribution in [0, 0.1) is 14.9 Å². The molecule has 2 aromatic rings. The Morgan fingerprint density at radius 2 is 1.41 bits per heavy atom. The van der Waals surface area contributed by atoms with E-state index in [1.165, 1.54) is 0 Å². The molecule has 0 unspecified atom stereocenters. The van der Waals surface area contributed by atoms with Crippen molar-refractivity contribution in [3.8, 4) is 0 Å². The third kappa shape index (κ3) is 6.03. The number of aromatic nitrogens is 1. The Morgan fingerprint density at radius 1 is 0.765 bits per heavy atom. The predicted octanol–water partition coefficient (Wildman–Crippen LogP) is 4.40. The van der Waals surface area contributed by atoms with Crippen LogP contribution in [-0.4, -0.2) is 4.98 Å². The summed E-state index contributed by atoms with van der Waals surface area (Å²) in [6, 6.07) is 15.1. The minimum atomic E-state index is 0. The zero-order chi connectivity index (χ0) is 9.64.